The molecule has 2 N–H and O–H groups in total. The Kier molecular flexibility index (Phi) is 7.60. The fourth-order valence-electron chi connectivity index (χ4n) is 1.50. The van der Waals surface area contributed by atoms with Crippen molar-refractivity contribution in [3.63, 3.8) is 0 Å². The zero-order valence-corrected chi connectivity index (χ0v) is 11.9. The minimum absolute atomic E-state index is 0.104. The van der Waals surface area contributed by atoms with E-state index in [-0.39, 0.29) is 5.91 Å². The molecule has 1 amide bonds. The van der Waals surface area contributed by atoms with E-state index in [4.69, 9.17) is 4.42 Å². The summed E-state index contributed by atoms with van der Waals surface area (Å²) in [4.78, 5) is 11.3. The van der Waals surface area contributed by atoms with Crippen molar-refractivity contribution in [1.29, 1.82) is 0 Å². The van der Waals surface area contributed by atoms with Crippen LogP contribution >= 0.6 is 11.8 Å². The lowest BCUT2D eigenvalue weighted by Gasteiger charge is -2.04. The zero-order valence-electron chi connectivity index (χ0n) is 11.1. The van der Waals surface area contributed by atoms with Gasteiger partial charge in [-0.3, -0.25) is 4.79 Å². The topological polar surface area (TPSA) is 54.3 Å². The molecule has 102 valence electrons. The third-order valence-corrected chi connectivity index (χ3v) is 2.98. The lowest BCUT2D eigenvalue weighted by molar-refractivity contribution is -0.120. The average molecular weight is 270 g/mol. The minimum atomic E-state index is 0.104. The van der Waals surface area contributed by atoms with E-state index < -0.39 is 0 Å². The Morgan fingerprint density at radius 2 is 2.11 bits per heavy atom. The number of carbonyl (C=O) groups excluding carboxylic acids is 1. The molecule has 0 aromatic carbocycles. The summed E-state index contributed by atoms with van der Waals surface area (Å²) in [5, 5.41) is 6.05. The summed E-state index contributed by atoms with van der Waals surface area (Å²) < 4.78 is 5.61. The van der Waals surface area contributed by atoms with Gasteiger partial charge >= 0.3 is 0 Å². The molecule has 0 fully saturated rings. The largest absolute Gasteiger partial charge is 0.464 e. The van der Waals surface area contributed by atoms with Crippen molar-refractivity contribution in [2.45, 2.75) is 32.1 Å². The zero-order chi connectivity index (χ0) is 13.2. The predicted molar refractivity (Wildman–Crippen MR) is 75.6 cm³/mol. The highest BCUT2D eigenvalue weighted by molar-refractivity contribution is 7.97. The molecule has 0 saturated carbocycles. The van der Waals surface area contributed by atoms with Crippen LogP contribution in [0.4, 0.5) is 0 Å². The maximum absolute atomic E-state index is 11.3. The molecule has 1 heterocycles. The van der Waals surface area contributed by atoms with Crippen LogP contribution in [0, 0.1) is 0 Å². The third kappa shape index (κ3) is 6.12. The van der Waals surface area contributed by atoms with Gasteiger partial charge in [-0.05, 0) is 24.8 Å². The molecule has 0 aliphatic carbocycles. The van der Waals surface area contributed by atoms with Crippen LogP contribution in [0.15, 0.2) is 16.5 Å². The van der Waals surface area contributed by atoms with E-state index >= 15 is 0 Å². The van der Waals surface area contributed by atoms with Crippen molar-refractivity contribution >= 4 is 17.7 Å². The van der Waals surface area contributed by atoms with Gasteiger partial charge in [0.1, 0.15) is 11.5 Å². The monoisotopic (exact) mass is 270 g/mol. The number of nitrogens with one attached hydrogen (secondary N) is 2. The van der Waals surface area contributed by atoms with Crippen molar-refractivity contribution in [3.05, 3.63) is 23.7 Å². The molecule has 0 aliphatic heterocycles. The van der Waals surface area contributed by atoms with Crippen molar-refractivity contribution in [3.8, 4) is 0 Å². The molecular weight excluding hydrogens is 248 g/mol. The Bertz CT molecular complexity index is 353. The Balaban J connectivity index is 2.11. The summed E-state index contributed by atoms with van der Waals surface area (Å²) in [5.41, 5.74) is 0. The second-order valence-corrected chi connectivity index (χ2v) is 4.94. The molecule has 0 unspecified atom stereocenters. The van der Waals surface area contributed by atoms with Crippen molar-refractivity contribution in [2.24, 2.45) is 0 Å². The van der Waals surface area contributed by atoms with Crippen LogP contribution < -0.4 is 10.6 Å². The van der Waals surface area contributed by atoms with E-state index in [1.54, 1.807) is 11.8 Å². The molecule has 0 bridgehead atoms. The van der Waals surface area contributed by atoms with Crippen molar-refractivity contribution in [2.75, 3.05) is 19.3 Å². The van der Waals surface area contributed by atoms with Gasteiger partial charge in [0.25, 0.3) is 0 Å². The van der Waals surface area contributed by atoms with Gasteiger partial charge in [0.2, 0.25) is 5.91 Å². The first-order valence-electron chi connectivity index (χ1n) is 6.30. The Hall–Kier alpha value is -0.940. The summed E-state index contributed by atoms with van der Waals surface area (Å²) in [5.74, 6) is 2.93. The SMILES string of the molecule is CCCNC(=O)CCNCc1ccc(CSC)o1. The molecule has 0 aliphatic rings. The molecule has 5 heteroatoms. The van der Waals surface area contributed by atoms with E-state index in [0.717, 1.165) is 30.2 Å². The standard InChI is InChI=1S/C13H22N2O2S/c1-3-7-15-13(16)6-8-14-9-11-4-5-12(17-11)10-18-2/h4-5,14H,3,6-10H2,1-2H3,(H,15,16). The summed E-state index contributed by atoms with van der Waals surface area (Å²) in [6.45, 7) is 4.15. The molecule has 0 atom stereocenters. The highest BCUT2D eigenvalue weighted by Gasteiger charge is 2.02. The fourth-order valence-corrected chi connectivity index (χ4v) is 1.94. The third-order valence-electron chi connectivity index (χ3n) is 2.40. The van der Waals surface area contributed by atoms with Gasteiger partial charge in [0.05, 0.1) is 12.3 Å². The van der Waals surface area contributed by atoms with E-state index in [1.807, 2.05) is 19.1 Å². The van der Waals surface area contributed by atoms with Crippen LogP contribution in [0.1, 0.15) is 31.3 Å². The number of rotatable bonds is 9. The van der Waals surface area contributed by atoms with Crippen LogP contribution in [0.5, 0.6) is 0 Å². The van der Waals surface area contributed by atoms with Gasteiger partial charge in [-0.1, -0.05) is 6.92 Å². The molecule has 1 aromatic heterocycles. The van der Waals surface area contributed by atoms with Gasteiger partial charge in [0, 0.05) is 19.5 Å². The van der Waals surface area contributed by atoms with Gasteiger partial charge in [-0.15, -0.1) is 0 Å². The predicted octanol–water partition coefficient (Wildman–Crippen LogP) is 2.15. The maximum Gasteiger partial charge on any atom is 0.221 e. The fraction of sp³-hybridized carbons (Fsp3) is 0.615. The lowest BCUT2D eigenvalue weighted by atomic mass is 10.3. The van der Waals surface area contributed by atoms with Crippen LogP contribution in [0.3, 0.4) is 0 Å². The summed E-state index contributed by atoms with van der Waals surface area (Å²) in [6.07, 6.45) is 3.54. The molecule has 0 spiro atoms. The summed E-state index contributed by atoms with van der Waals surface area (Å²) in [7, 11) is 0. The Morgan fingerprint density at radius 1 is 1.33 bits per heavy atom. The first-order valence-corrected chi connectivity index (χ1v) is 7.69. The Morgan fingerprint density at radius 3 is 2.83 bits per heavy atom. The highest BCUT2D eigenvalue weighted by Crippen LogP contribution is 2.12. The molecule has 1 rings (SSSR count). The van der Waals surface area contributed by atoms with E-state index in [1.165, 1.54) is 0 Å². The number of hydrogen-bond acceptors (Lipinski definition) is 4. The number of hydrogen-bond donors (Lipinski definition) is 2. The number of thioether (sulfide) groups is 1. The normalized spacial score (nSPS) is 10.6. The minimum Gasteiger partial charge on any atom is -0.464 e. The van der Waals surface area contributed by atoms with Crippen LogP contribution in [0.2, 0.25) is 0 Å². The van der Waals surface area contributed by atoms with E-state index in [9.17, 15) is 4.79 Å². The second kappa shape index (κ2) is 9.05. The maximum atomic E-state index is 11.3. The highest BCUT2D eigenvalue weighted by atomic mass is 32.2. The molecule has 1 aromatic rings. The number of carbonyl (C=O) groups is 1. The Labute approximate surface area is 113 Å². The smallest absolute Gasteiger partial charge is 0.221 e. The van der Waals surface area contributed by atoms with Gasteiger partial charge in [-0.2, -0.15) is 11.8 Å². The molecular formula is C13H22N2O2S. The molecule has 18 heavy (non-hydrogen) atoms. The van der Waals surface area contributed by atoms with Gasteiger partial charge in [-0.25, -0.2) is 0 Å². The second-order valence-electron chi connectivity index (χ2n) is 4.08. The van der Waals surface area contributed by atoms with E-state index in [0.29, 0.717) is 19.5 Å². The molecule has 4 nitrogen and oxygen atoms in total. The summed E-state index contributed by atoms with van der Waals surface area (Å²) >= 11 is 1.74. The molecule has 0 radical (unpaired) electrons. The summed E-state index contributed by atoms with van der Waals surface area (Å²) in [6, 6.07) is 3.98. The van der Waals surface area contributed by atoms with E-state index in [2.05, 4.69) is 16.9 Å². The average Bonchev–Trinajstić information content (AvgIpc) is 2.80. The van der Waals surface area contributed by atoms with Gasteiger partial charge in [0.15, 0.2) is 0 Å². The van der Waals surface area contributed by atoms with Crippen LogP contribution in [0.25, 0.3) is 0 Å². The quantitative estimate of drug-likeness (QED) is 0.675. The van der Waals surface area contributed by atoms with Crippen LogP contribution in [-0.2, 0) is 17.1 Å². The lowest BCUT2D eigenvalue weighted by Crippen LogP contribution is -2.27. The first kappa shape index (κ1) is 15.1. The van der Waals surface area contributed by atoms with Crippen molar-refractivity contribution in [1.82, 2.24) is 10.6 Å². The number of amides is 1. The van der Waals surface area contributed by atoms with Crippen LogP contribution in [-0.4, -0.2) is 25.3 Å². The van der Waals surface area contributed by atoms with Crippen molar-refractivity contribution < 1.29 is 9.21 Å². The molecule has 0 saturated heterocycles. The first-order chi connectivity index (χ1) is 8.76. The van der Waals surface area contributed by atoms with Gasteiger partial charge < -0.3 is 15.1 Å². The number of furan rings is 1.